The highest BCUT2D eigenvalue weighted by atomic mass is 19.1. The lowest BCUT2D eigenvalue weighted by molar-refractivity contribution is -0.605. The fraction of sp³-hybridized carbons (Fsp3) is 0.500. The second kappa shape index (κ2) is 4.99. The highest BCUT2D eigenvalue weighted by molar-refractivity contribution is 5.95. The summed E-state index contributed by atoms with van der Waals surface area (Å²) < 4.78 is 15.3. The van der Waals surface area contributed by atoms with Crippen molar-refractivity contribution in [3.8, 4) is 5.82 Å². The Balaban J connectivity index is 1.76. The molecule has 0 saturated heterocycles. The van der Waals surface area contributed by atoms with E-state index in [0.717, 1.165) is 24.1 Å². The number of alkyl halides is 1. The van der Waals surface area contributed by atoms with Gasteiger partial charge in [-0.15, -0.1) is 0 Å². The van der Waals surface area contributed by atoms with Gasteiger partial charge in [0.05, 0.1) is 17.4 Å². The summed E-state index contributed by atoms with van der Waals surface area (Å²) in [6.07, 6.45) is 5.89. The van der Waals surface area contributed by atoms with Crippen LogP contribution in [0.3, 0.4) is 0 Å². The first-order chi connectivity index (χ1) is 11.4. The Morgan fingerprint density at radius 2 is 2.38 bits per heavy atom. The third-order valence-electron chi connectivity index (χ3n) is 4.64. The van der Waals surface area contributed by atoms with Crippen molar-refractivity contribution in [1.29, 1.82) is 0 Å². The molecule has 0 radical (unpaired) electrons. The molecule has 2 aromatic rings. The Morgan fingerprint density at radius 3 is 3.08 bits per heavy atom. The number of carbonyl (C=O) groups is 1. The Morgan fingerprint density at radius 1 is 1.58 bits per heavy atom. The van der Waals surface area contributed by atoms with Gasteiger partial charge >= 0.3 is 0 Å². The van der Waals surface area contributed by atoms with Crippen LogP contribution >= 0.6 is 0 Å². The normalized spacial score (nSPS) is 21.3. The number of amides is 1. The molecule has 1 saturated carbocycles. The smallest absolute Gasteiger partial charge is 0.272 e. The van der Waals surface area contributed by atoms with E-state index >= 15 is 0 Å². The van der Waals surface area contributed by atoms with Gasteiger partial charge in [0.1, 0.15) is 6.67 Å². The zero-order valence-corrected chi connectivity index (χ0v) is 13.5. The molecule has 2 atom stereocenters. The van der Waals surface area contributed by atoms with Crippen molar-refractivity contribution >= 4 is 5.91 Å². The lowest BCUT2D eigenvalue weighted by Gasteiger charge is -2.21. The van der Waals surface area contributed by atoms with Crippen LogP contribution in [-0.2, 0) is 6.42 Å². The van der Waals surface area contributed by atoms with Crippen LogP contribution in [0.5, 0.6) is 0 Å². The molecule has 1 N–H and O–H groups in total. The van der Waals surface area contributed by atoms with E-state index in [2.05, 4.69) is 15.4 Å². The van der Waals surface area contributed by atoms with E-state index in [-0.39, 0.29) is 5.91 Å². The van der Waals surface area contributed by atoms with Crippen LogP contribution < -0.4 is 10.0 Å². The molecule has 8 heteroatoms. The Bertz CT molecular complexity index is 832. The number of aromatic nitrogens is 4. The lowest BCUT2D eigenvalue weighted by atomic mass is 10.1. The van der Waals surface area contributed by atoms with Crippen LogP contribution in [0, 0.1) is 11.1 Å². The summed E-state index contributed by atoms with van der Waals surface area (Å²) in [5, 5.41) is 18.6. The maximum Gasteiger partial charge on any atom is 0.272 e. The van der Waals surface area contributed by atoms with E-state index in [1.54, 1.807) is 18.5 Å². The molecule has 0 aromatic carbocycles. The van der Waals surface area contributed by atoms with Gasteiger partial charge < -0.3 is 10.5 Å². The molecule has 2 heterocycles. The standard InChI is InChI=1S/C16H18FN5O2/c1-16(2,8-17)19-15(23)13-11-6-9-5-10(9)14(11)22(20-13)12-7-21(24)4-3-18-12/h3-4,7,9-10H,5-6,8H2,1-2H3,(H,19,23)/t9-,10-/m1/s1. The predicted octanol–water partition coefficient (Wildman–Crippen LogP) is 1.04. The molecule has 2 aliphatic rings. The number of hydrogen-bond acceptors (Lipinski definition) is 4. The van der Waals surface area contributed by atoms with E-state index in [9.17, 15) is 14.4 Å². The molecule has 7 nitrogen and oxygen atoms in total. The topological polar surface area (TPSA) is 86.8 Å². The van der Waals surface area contributed by atoms with Gasteiger partial charge in [0.25, 0.3) is 5.91 Å². The highest BCUT2D eigenvalue weighted by Gasteiger charge is 2.50. The van der Waals surface area contributed by atoms with Crippen LogP contribution in [-0.4, -0.2) is 32.9 Å². The third-order valence-corrected chi connectivity index (χ3v) is 4.64. The molecule has 0 aliphatic heterocycles. The average molecular weight is 331 g/mol. The molecule has 4 rings (SSSR count). The van der Waals surface area contributed by atoms with Crippen molar-refractivity contribution in [3.05, 3.63) is 40.7 Å². The number of rotatable bonds is 4. The Labute approximate surface area is 138 Å². The quantitative estimate of drug-likeness (QED) is 0.670. The van der Waals surface area contributed by atoms with Crippen molar-refractivity contribution < 1.29 is 13.9 Å². The van der Waals surface area contributed by atoms with Gasteiger partial charge in [-0.1, -0.05) is 0 Å². The van der Waals surface area contributed by atoms with Crippen LogP contribution in [0.15, 0.2) is 18.6 Å². The van der Waals surface area contributed by atoms with Crippen molar-refractivity contribution in [1.82, 2.24) is 20.1 Å². The fourth-order valence-corrected chi connectivity index (χ4v) is 3.35. The summed E-state index contributed by atoms with van der Waals surface area (Å²) in [7, 11) is 0. The molecule has 24 heavy (non-hydrogen) atoms. The first-order valence-corrected chi connectivity index (χ1v) is 7.95. The fourth-order valence-electron chi connectivity index (χ4n) is 3.35. The Kier molecular flexibility index (Phi) is 3.13. The minimum absolute atomic E-state index is 0.307. The van der Waals surface area contributed by atoms with E-state index in [1.807, 2.05) is 0 Å². The number of fused-ring (bicyclic) bond motifs is 3. The van der Waals surface area contributed by atoms with Crippen molar-refractivity contribution in [2.45, 2.75) is 38.1 Å². The minimum Gasteiger partial charge on any atom is -0.619 e. The number of carbonyl (C=O) groups excluding carboxylic acids is 1. The highest BCUT2D eigenvalue weighted by Crippen LogP contribution is 2.57. The molecular formula is C16H18FN5O2. The van der Waals surface area contributed by atoms with Gasteiger partial charge in [-0.05, 0) is 32.6 Å². The maximum absolute atomic E-state index is 13.0. The molecule has 0 spiro atoms. The Hall–Kier alpha value is -2.51. The SMILES string of the molecule is CC(C)(CF)NC(=O)c1nn(-c2c[n+]([O-])ccn2)c2c1C[C@H]1C[C@@H]21. The second-order valence-electron chi connectivity index (χ2n) is 7.18. The zero-order chi connectivity index (χ0) is 17.1. The maximum atomic E-state index is 13.0. The van der Waals surface area contributed by atoms with Gasteiger partial charge in [-0.3, -0.25) is 4.79 Å². The van der Waals surface area contributed by atoms with Gasteiger partial charge in [0, 0.05) is 11.5 Å². The molecule has 1 amide bonds. The zero-order valence-electron chi connectivity index (χ0n) is 13.5. The first-order valence-electron chi connectivity index (χ1n) is 7.95. The molecule has 0 bridgehead atoms. The van der Waals surface area contributed by atoms with Crippen molar-refractivity contribution in [2.75, 3.05) is 6.67 Å². The molecule has 2 aliphatic carbocycles. The monoisotopic (exact) mass is 331 g/mol. The first kappa shape index (κ1) is 15.0. The molecule has 2 aromatic heterocycles. The van der Waals surface area contributed by atoms with Gasteiger partial charge in [0.15, 0.2) is 11.9 Å². The van der Waals surface area contributed by atoms with Gasteiger partial charge in [0.2, 0.25) is 12.0 Å². The summed E-state index contributed by atoms with van der Waals surface area (Å²) >= 11 is 0. The average Bonchev–Trinajstić information content (AvgIpc) is 3.03. The minimum atomic E-state index is -0.946. The van der Waals surface area contributed by atoms with Crippen LogP contribution in [0.1, 0.15) is 47.9 Å². The summed E-state index contributed by atoms with van der Waals surface area (Å²) in [5.41, 5.74) is 1.22. The number of hydrogen-bond donors (Lipinski definition) is 1. The van der Waals surface area contributed by atoms with Crippen LogP contribution in [0.25, 0.3) is 5.82 Å². The molecular weight excluding hydrogens is 313 g/mol. The molecule has 1 fully saturated rings. The summed E-state index contributed by atoms with van der Waals surface area (Å²) in [6.45, 7) is 2.58. The van der Waals surface area contributed by atoms with Crippen LogP contribution in [0.4, 0.5) is 4.39 Å². The van der Waals surface area contributed by atoms with Gasteiger partial charge in [-0.2, -0.15) is 9.83 Å². The van der Waals surface area contributed by atoms with Crippen molar-refractivity contribution in [3.63, 3.8) is 0 Å². The number of nitrogens with zero attached hydrogens (tertiary/aromatic N) is 4. The summed E-state index contributed by atoms with van der Waals surface area (Å²) in [6, 6.07) is 0. The van der Waals surface area contributed by atoms with Gasteiger partial charge in [-0.25, -0.2) is 14.1 Å². The van der Waals surface area contributed by atoms with E-state index in [4.69, 9.17) is 0 Å². The largest absolute Gasteiger partial charge is 0.619 e. The van der Waals surface area contributed by atoms with Crippen molar-refractivity contribution in [2.24, 2.45) is 5.92 Å². The lowest BCUT2D eigenvalue weighted by Crippen LogP contribution is -2.45. The molecule has 0 unspecified atom stereocenters. The van der Waals surface area contributed by atoms with E-state index in [0.29, 0.717) is 28.1 Å². The number of halogens is 1. The number of nitrogens with one attached hydrogen (secondary N) is 1. The summed E-state index contributed by atoms with van der Waals surface area (Å²) in [4.78, 5) is 16.8. The van der Waals surface area contributed by atoms with E-state index in [1.165, 1.54) is 18.6 Å². The van der Waals surface area contributed by atoms with E-state index < -0.39 is 12.2 Å². The van der Waals surface area contributed by atoms with Crippen LogP contribution in [0.2, 0.25) is 0 Å². The molecule has 126 valence electrons. The third kappa shape index (κ3) is 2.33. The predicted molar refractivity (Wildman–Crippen MR) is 82.4 cm³/mol. The summed E-state index contributed by atoms with van der Waals surface area (Å²) in [5.74, 6) is 0.901. The second-order valence-corrected chi connectivity index (χ2v) is 7.18.